The van der Waals surface area contributed by atoms with Crippen LogP contribution in [0.4, 0.5) is 22.7 Å². The van der Waals surface area contributed by atoms with Gasteiger partial charge in [-0.15, -0.1) is 5.06 Å². The van der Waals surface area contributed by atoms with E-state index in [2.05, 4.69) is 56.0 Å². The number of nitrogens with zero attached hydrogens (tertiary/aromatic N) is 5. The van der Waals surface area contributed by atoms with Gasteiger partial charge in [0, 0.05) is 96.8 Å². The maximum absolute atomic E-state index is 14.3. The van der Waals surface area contributed by atoms with Crippen molar-refractivity contribution >= 4 is 80.1 Å². The molecule has 80 heavy (non-hydrogen) atoms. The van der Waals surface area contributed by atoms with E-state index < -0.39 is 17.8 Å². The molecule has 0 unspecified atom stereocenters. The summed E-state index contributed by atoms with van der Waals surface area (Å²) in [6, 6.07) is 29.9. The summed E-state index contributed by atoms with van der Waals surface area (Å²) in [5, 5.41) is 0.592. The van der Waals surface area contributed by atoms with Gasteiger partial charge in [0.1, 0.15) is 19.0 Å². The van der Waals surface area contributed by atoms with E-state index >= 15 is 0 Å². The number of hydroxylamine groups is 2. The Morgan fingerprint density at radius 3 is 2.14 bits per heavy atom. The fourth-order valence-corrected chi connectivity index (χ4v) is 13.6. The Labute approximate surface area is 475 Å². The second kappa shape index (κ2) is 25.3. The van der Waals surface area contributed by atoms with E-state index in [1.54, 1.807) is 40.8 Å². The van der Waals surface area contributed by atoms with Gasteiger partial charge in [-0.1, -0.05) is 64.9 Å². The van der Waals surface area contributed by atoms with Gasteiger partial charge >= 0.3 is 5.97 Å². The van der Waals surface area contributed by atoms with Crippen LogP contribution in [0.15, 0.2) is 96.0 Å². The molecular weight excluding hydrogens is 1050 g/mol. The van der Waals surface area contributed by atoms with E-state index in [-0.39, 0.29) is 61.1 Å². The molecule has 0 radical (unpaired) electrons. The predicted octanol–water partition coefficient (Wildman–Crippen LogP) is 10.8. The van der Waals surface area contributed by atoms with Crippen LogP contribution in [0.3, 0.4) is 0 Å². The van der Waals surface area contributed by atoms with Crippen LogP contribution in [-0.2, 0) is 61.2 Å². The molecule has 16 nitrogen and oxygen atoms in total. The highest BCUT2D eigenvalue weighted by molar-refractivity contribution is 8.77. The number of imide groups is 1. The Hall–Kier alpha value is -6.86. The first-order valence-corrected chi connectivity index (χ1v) is 30.0. The molecule has 0 N–H and O–H groups in total. The Morgan fingerprint density at radius 1 is 0.738 bits per heavy atom. The van der Waals surface area contributed by atoms with Crippen molar-refractivity contribution in [1.82, 2.24) is 5.06 Å². The SMILES string of the molecule is CCCOCCOCCN(CC(C)(C)SSCCCC(=O)ON1C(=O)CCC1=O)c1cc(COc2cc3c(cc2C)C(=O)N2c4ccccc4C[C@H]2CC3)cc(COc2cc3c(cc2OC)C(=O)N2c4ccccc4C[C@H]2C=N3)c1. The molecule has 0 aliphatic carbocycles. The summed E-state index contributed by atoms with van der Waals surface area (Å²) in [6.45, 7) is 12.0. The third-order valence-corrected chi connectivity index (χ3v) is 18.2. The lowest BCUT2D eigenvalue weighted by molar-refractivity contribution is -0.197. The standard InChI is InChI=1S/C62H69N5O11S2/c1-6-22-74-24-25-75-23-21-64(39-62(3,4)80-79-26-11-16-59(70)78-67-57(68)19-20-58(67)69)47-29-41(37-76-54-33-43-17-18-46-31-44-12-7-9-14-52(44)65(46)60(71)49(43)27-40(54)2)28-42(30-47)38-77-56-35-51-50(34-55(56)73-5)61(72)66-48(36-63-51)32-45-13-8-10-15-53(45)66/h7-10,12-15,27-30,33-36,46,48H,6,11,16-26,31-32,37-39H2,1-5H3/t46-,48+/m1/s1. The average molecular weight is 1120 g/mol. The monoisotopic (exact) mass is 1120 g/mol. The summed E-state index contributed by atoms with van der Waals surface area (Å²) in [7, 11) is 4.93. The molecule has 5 aromatic rings. The number of methoxy groups -OCH3 is 1. The van der Waals surface area contributed by atoms with Gasteiger partial charge in [0.25, 0.3) is 23.6 Å². The summed E-state index contributed by atoms with van der Waals surface area (Å²) >= 11 is 0. The van der Waals surface area contributed by atoms with E-state index in [9.17, 15) is 24.0 Å². The highest BCUT2D eigenvalue weighted by atomic mass is 33.1. The van der Waals surface area contributed by atoms with Crippen molar-refractivity contribution in [2.45, 2.75) is 116 Å². The second-order valence-electron chi connectivity index (χ2n) is 21.4. The number of aliphatic imine (C=N–C) groups is 1. The van der Waals surface area contributed by atoms with Crippen molar-refractivity contribution in [1.29, 1.82) is 0 Å². The quantitative estimate of drug-likeness (QED) is 0.0308. The van der Waals surface area contributed by atoms with Gasteiger partial charge in [-0.3, -0.25) is 29.1 Å². The highest BCUT2D eigenvalue weighted by Gasteiger charge is 2.39. The summed E-state index contributed by atoms with van der Waals surface area (Å²) in [4.78, 5) is 81.1. The first-order chi connectivity index (χ1) is 38.8. The van der Waals surface area contributed by atoms with E-state index in [1.807, 2.05) is 71.5 Å². The van der Waals surface area contributed by atoms with Crippen molar-refractivity contribution in [2.24, 2.45) is 4.99 Å². The molecule has 1 saturated heterocycles. The van der Waals surface area contributed by atoms with Crippen LogP contribution in [0.5, 0.6) is 17.2 Å². The second-order valence-corrected chi connectivity index (χ2v) is 24.5. The number of carbonyl (C=O) groups excluding carboxylic acids is 5. The number of anilines is 3. The lowest BCUT2D eigenvalue weighted by atomic mass is 9.98. The van der Waals surface area contributed by atoms with Crippen LogP contribution in [0.2, 0.25) is 0 Å². The molecule has 5 aromatic carbocycles. The van der Waals surface area contributed by atoms with Gasteiger partial charge in [0.05, 0.1) is 44.2 Å². The van der Waals surface area contributed by atoms with Gasteiger partial charge in [-0.05, 0) is 135 Å². The third-order valence-electron chi connectivity index (χ3n) is 14.9. The van der Waals surface area contributed by atoms with Crippen LogP contribution in [0.1, 0.15) is 113 Å². The number of rotatable bonds is 25. The third kappa shape index (κ3) is 12.8. The molecule has 0 spiro atoms. The molecule has 0 bridgehead atoms. The maximum atomic E-state index is 14.3. The first kappa shape index (κ1) is 56.4. The smallest absolute Gasteiger partial charge is 0.333 e. The lowest BCUT2D eigenvalue weighted by Crippen LogP contribution is -2.38. The molecule has 10 rings (SSSR count). The van der Waals surface area contributed by atoms with E-state index in [1.165, 1.54) is 5.56 Å². The number of aryl methyl sites for hydroxylation is 2. The van der Waals surface area contributed by atoms with Gasteiger partial charge in [-0.2, -0.15) is 0 Å². The molecule has 4 amide bonds. The molecule has 18 heteroatoms. The van der Waals surface area contributed by atoms with Gasteiger partial charge in [0.2, 0.25) is 0 Å². The highest BCUT2D eigenvalue weighted by Crippen LogP contribution is 2.43. The number of benzene rings is 5. The summed E-state index contributed by atoms with van der Waals surface area (Å²) in [6.07, 6.45) is 6.58. The molecule has 5 aliphatic heterocycles. The molecular formula is C62H69N5O11S2. The molecule has 2 atom stereocenters. The Bertz CT molecular complexity index is 3170. The number of amides is 4. The summed E-state index contributed by atoms with van der Waals surface area (Å²) in [5.74, 6) is 0.489. The lowest BCUT2D eigenvalue weighted by Gasteiger charge is -2.34. The minimum atomic E-state index is -0.608. The minimum Gasteiger partial charge on any atom is -0.493 e. The fourth-order valence-electron chi connectivity index (χ4n) is 11.0. The van der Waals surface area contributed by atoms with Crippen LogP contribution >= 0.6 is 21.6 Å². The van der Waals surface area contributed by atoms with Crippen molar-refractivity contribution in [3.05, 3.63) is 136 Å². The van der Waals surface area contributed by atoms with Crippen LogP contribution < -0.4 is 28.9 Å². The van der Waals surface area contributed by atoms with Crippen LogP contribution in [0, 0.1) is 6.92 Å². The summed E-state index contributed by atoms with van der Waals surface area (Å²) in [5.41, 5.74) is 10.4. The Morgan fingerprint density at radius 2 is 1.41 bits per heavy atom. The van der Waals surface area contributed by atoms with Crippen LogP contribution in [0.25, 0.3) is 0 Å². The van der Waals surface area contributed by atoms with E-state index in [0.717, 1.165) is 70.6 Å². The Balaban J connectivity index is 0.900. The number of carbonyl (C=O) groups is 5. The number of hydrogen-bond acceptors (Lipinski definition) is 15. The summed E-state index contributed by atoms with van der Waals surface area (Å²) < 4.78 is 30.9. The van der Waals surface area contributed by atoms with Crippen LogP contribution in [-0.4, -0.2) is 110 Å². The number of hydrogen-bond donors (Lipinski definition) is 0. The van der Waals surface area contributed by atoms with E-state index in [4.69, 9.17) is 33.5 Å². The van der Waals surface area contributed by atoms with Crippen molar-refractivity contribution in [3.63, 3.8) is 0 Å². The topological polar surface area (TPSA) is 166 Å². The molecule has 0 saturated carbocycles. The van der Waals surface area contributed by atoms with E-state index in [0.29, 0.717) is 97.2 Å². The van der Waals surface area contributed by atoms with Crippen molar-refractivity contribution in [3.8, 4) is 17.2 Å². The van der Waals surface area contributed by atoms with Gasteiger partial charge in [-0.25, -0.2) is 4.79 Å². The zero-order chi connectivity index (χ0) is 55.9. The number of ether oxygens (including phenoxy) is 5. The van der Waals surface area contributed by atoms with Crippen molar-refractivity contribution in [2.75, 3.05) is 67.1 Å². The maximum Gasteiger partial charge on any atom is 0.333 e. The fraction of sp³-hybridized carbons (Fsp3) is 0.419. The van der Waals surface area contributed by atoms with Crippen molar-refractivity contribution < 1.29 is 52.5 Å². The molecule has 5 heterocycles. The predicted molar refractivity (Wildman–Crippen MR) is 312 cm³/mol. The average Bonchev–Trinajstić information content (AvgIpc) is 4.21. The molecule has 420 valence electrons. The first-order valence-electron chi connectivity index (χ1n) is 27.7. The normalized spacial score (nSPS) is 17.1. The molecule has 0 aromatic heterocycles. The zero-order valence-electron chi connectivity index (χ0n) is 46.2. The molecule has 5 aliphatic rings. The minimum absolute atomic E-state index is 0.0298. The number of fused-ring (bicyclic) bond motifs is 8. The molecule has 1 fully saturated rings. The van der Waals surface area contributed by atoms with Gasteiger partial charge in [0.15, 0.2) is 11.5 Å². The largest absolute Gasteiger partial charge is 0.493 e. The zero-order valence-corrected chi connectivity index (χ0v) is 47.8. The number of para-hydroxylation sites is 2. The van der Waals surface area contributed by atoms with Gasteiger partial charge < -0.3 is 38.3 Å². The Kier molecular flexibility index (Phi) is 17.8.